The van der Waals surface area contributed by atoms with E-state index in [0.29, 0.717) is 6.54 Å². The largest absolute Gasteiger partial charge is 0.345 e. The van der Waals surface area contributed by atoms with Gasteiger partial charge in [-0.15, -0.1) is 11.8 Å². The number of carbonyl (C=O) groups is 1. The Morgan fingerprint density at radius 2 is 1.79 bits per heavy atom. The molecule has 3 aromatic rings. The maximum Gasteiger partial charge on any atom is 0.319 e. The van der Waals surface area contributed by atoms with Crippen molar-refractivity contribution in [1.29, 1.82) is 0 Å². The zero-order valence-electron chi connectivity index (χ0n) is 16.9. The molecular formula is C23H27N3OS. The van der Waals surface area contributed by atoms with Gasteiger partial charge in [-0.25, -0.2) is 4.79 Å². The van der Waals surface area contributed by atoms with Crippen LogP contribution < -0.4 is 10.6 Å². The highest BCUT2D eigenvalue weighted by Gasteiger charge is 2.09. The Bertz CT molecular complexity index is 954. The van der Waals surface area contributed by atoms with E-state index < -0.39 is 0 Å². The first-order valence-electron chi connectivity index (χ1n) is 9.36. The minimum absolute atomic E-state index is 0.200. The number of hydrogen-bond donors (Lipinski definition) is 2. The molecule has 0 aliphatic heterocycles. The van der Waals surface area contributed by atoms with Gasteiger partial charge in [0.25, 0.3) is 0 Å². The molecule has 0 saturated carbocycles. The van der Waals surface area contributed by atoms with Crippen LogP contribution in [0.1, 0.15) is 27.9 Å². The van der Waals surface area contributed by atoms with Crippen LogP contribution >= 0.6 is 11.8 Å². The molecule has 1 heterocycles. The molecule has 0 radical (unpaired) electrons. The Morgan fingerprint density at radius 3 is 2.50 bits per heavy atom. The van der Waals surface area contributed by atoms with E-state index >= 15 is 0 Å². The van der Waals surface area contributed by atoms with E-state index in [1.807, 2.05) is 42.7 Å². The number of carbonyl (C=O) groups excluding carboxylic acids is 1. The molecule has 2 N–H and O–H groups in total. The predicted octanol–water partition coefficient (Wildman–Crippen LogP) is 5.51. The lowest BCUT2D eigenvalue weighted by atomic mass is 10.00. The molecule has 3 rings (SSSR count). The SMILES string of the molecule is CSc1cccc(NC(=O)NCc2cccn2Cc2c(C)cc(C)cc2C)c1. The molecule has 2 aromatic carbocycles. The molecule has 0 unspecified atom stereocenters. The number of anilines is 1. The number of rotatable bonds is 6. The van der Waals surface area contributed by atoms with E-state index in [0.717, 1.165) is 22.8 Å². The fourth-order valence-corrected chi connectivity index (χ4v) is 3.90. The van der Waals surface area contributed by atoms with Crippen molar-refractivity contribution in [2.45, 2.75) is 38.8 Å². The van der Waals surface area contributed by atoms with Crippen LogP contribution in [0.5, 0.6) is 0 Å². The summed E-state index contributed by atoms with van der Waals surface area (Å²) in [5.41, 5.74) is 7.10. The highest BCUT2D eigenvalue weighted by atomic mass is 32.2. The summed E-state index contributed by atoms with van der Waals surface area (Å²) in [6.07, 6.45) is 4.08. The van der Waals surface area contributed by atoms with Gasteiger partial charge in [0, 0.05) is 29.0 Å². The lowest BCUT2D eigenvalue weighted by Gasteiger charge is -2.15. The summed E-state index contributed by atoms with van der Waals surface area (Å²) in [5, 5.41) is 5.86. The van der Waals surface area contributed by atoms with Crippen molar-refractivity contribution in [2.75, 3.05) is 11.6 Å². The lowest BCUT2D eigenvalue weighted by Crippen LogP contribution is -2.29. The van der Waals surface area contributed by atoms with Gasteiger partial charge < -0.3 is 15.2 Å². The summed E-state index contributed by atoms with van der Waals surface area (Å²) >= 11 is 1.65. The van der Waals surface area contributed by atoms with Crippen molar-refractivity contribution in [3.05, 3.63) is 82.7 Å². The number of benzene rings is 2. The number of urea groups is 1. The molecule has 0 aliphatic rings. The van der Waals surface area contributed by atoms with Crippen LogP contribution in [-0.2, 0) is 13.1 Å². The average molecular weight is 394 g/mol. The van der Waals surface area contributed by atoms with Gasteiger partial charge >= 0.3 is 6.03 Å². The molecule has 146 valence electrons. The molecule has 0 fully saturated rings. The number of amides is 2. The Kier molecular flexibility index (Phi) is 6.47. The number of aryl methyl sites for hydroxylation is 3. The molecule has 5 heteroatoms. The maximum absolute atomic E-state index is 12.3. The molecule has 1 aromatic heterocycles. The second-order valence-electron chi connectivity index (χ2n) is 7.04. The molecule has 0 aliphatic carbocycles. The first-order valence-corrected chi connectivity index (χ1v) is 10.6. The second kappa shape index (κ2) is 9.02. The molecule has 2 amide bonds. The lowest BCUT2D eigenvalue weighted by molar-refractivity contribution is 0.251. The number of nitrogens with one attached hydrogen (secondary N) is 2. The van der Waals surface area contributed by atoms with Crippen LogP contribution in [0.25, 0.3) is 0 Å². The van der Waals surface area contributed by atoms with Gasteiger partial charge in [0.2, 0.25) is 0 Å². The Labute approximate surface area is 171 Å². The van der Waals surface area contributed by atoms with Crippen LogP contribution in [0.3, 0.4) is 0 Å². The standard InChI is InChI=1S/C23H27N3OS/c1-16-11-17(2)22(18(3)12-16)15-26-10-6-8-20(26)14-24-23(27)25-19-7-5-9-21(13-19)28-4/h5-13H,14-15H2,1-4H3,(H2,24,25,27). The normalized spacial score (nSPS) is 10.7. The van der Waals surface area contributed by atoms with Crippen molar-refractivity contribution < 1.29 is 4.79 Å². The van der Waals surface area contributed by atoms with Crippen LogP contribution in [0.15, 0.2) is 59.6 Å². The van der Waals surface area contributed by atoms with Crippen molar-refractivity contribution >= 4 is 23.5 Å². The Morgan fingerprint density at radius 1 is 1.04 bits per heavy atom. The van der Waals surface area contributed by atoms with Gasteiger partial charge in [-0.1, -0.05) is 23.8 Å². The monoisotopic (exact) mass is 393 g/mol. The molecule has 0 saturated heterocycles. The fourth-order valence-electron chi connectivity index (χ4n) is 3.44. The van der Waals surface area contributed by atoms with Crippen molar-refractivity contribution in [1.82, 2.24) is 9.88 Å². The van der Waals surface area contributed by atoms with Crippen LogP contribution in [0.2, 0.25) is 0 Å². The van der Waals surface area contributed by atoms with Crippen molar-refractivity contribution in [2.24, 2.45) is 0 Å². The van der Waals surface area contributed by atoms with Gasteiger partial charge in [-0.2, -0.15) is 0 Å². The minimum Gasteiger partial charge on any atom is -0.345 e. The van der Waals surface area contributed by atoms with Gasteiger partial charge in [-0.3, -0.25) is 0 Å². The van der Waals surface area contributed by atoms with Crippen LogP contribution in [-0.4, -0.2) is 16.9 Å². The van der Waals surface area contributed by atoms with Crippen LogP contribution in [0.4, 0.5) is 10.5 Å². The number of thioether (sulfide) groups is 1. The number of nitrogens with zero attached hydrogens (tertiary/aromatic N) is 1. The smallest absolute Gasteiger partial charge is 0.319 e. The molecule has 0 spiro atoms. The minimum atomic E-state index is -0.200. The van der Waals surface area contributed by atoms with E-state index in [9.17, 15) is 4.79 Å². The molecule has 0 bridgehead atoms. The van der Waals surface area contributed by atoms with E-state index in [-0.39, 0.29) is 6.03 Å². The highest BCUT2D eigenvalue weighted by molar-refractivity contribution is 7.98. The Balaban J connectivity index is 1.64. The van der Waals surface area contributed by atoms with E-state index in [1.165, 1.54) is 22.3 Å². The van der Waals surface area contributed by atoms with E-state index in [1.54, 1.807) is 11.8 Å². The fraction of sp³-hybridized carbons (Fsp3) is 0.261. The van der Waals surface area contributed by atoms with Gasteiger partial charge in [0.1, 0.15) is 0 Å². The van der Waals surface area contributed by atoms with Gasteiger partial charge in [-0.05, 0) is 74.0 Å². The summed E-state index contributed by atoms with van der Waals surface area (Å²) in [6.45, 7) is 7.73. The van der Waals surface area contributed by atoms with Gasteiger partial charge in [0.05, 0.1) is 6.54 Å². The summed E-state index contributed by atoms with van der Waals surface area (Å²) in [6, 6.07) is 16.1. The van der Waals surface area contributed by atoms with Crippen molar-refractivity contribution in [3.63, 3.8) is 0 Å². The quantitative estimate of drug-likeness (QED) is 0.543. The highest BCUT2D eigenvalue weighted by Crippen LogP contribution is 2.20. The molecular weight excluding hydrogens is 366 g/mol. The summed E-state index contributed by atoms with van der Waals surface area (Å²) in [7, 11) is 0. The van der Waals surface area contributed by atoms with Crippen LogP contribution in [0, 0.1) is 20.8 Å². The van der Waals surface area contributed by atoms with Crippen molar-refractivity contribution in [3.8, 4) is 0 Å². The average Bonchev–Trinajstić information content (AvgIpc) is 3.10. The van der Waals surface area contributed by atoms with Gasteiger partial charge in [0.15, 0.2) is 0 Å². The third-order valence-corrected chi connectivity index (χ3v) is 5.58. The summed E-state index contributed by atoms with van der Waals surface area (Å²) in [5.74, 6) is 0. The molecule has 4 nitrogen and oxygen atoms in total. The Hall–Kier alpha value is -2.66. The van der Waals surface area contributed by atoms with E-state index in [2.05, 4.69) is 54.3 Å². The number of aromatic nitrogens is 1. The number of hydrogen-bond acceptors (Lipinski definition) is 2. The zero-order chi connectivity index (χ0) is 20.1. The molecule has 0 atom stereocenters. The predicted molar refractivity (Wildman–Crippen MR) is 118 cm³/mol. The second-order valence-corrected chi connectivity index (χ2v) is 7.92. The third kappa shape index (κ3) is 4.98. The zero-order valence-corrected chi connectivity index (χ0v) is 17.7. The first kappa shape index (κ1) is 20.1. The molecule has 28 heavy (non-hydrogen) atoms. The maximum atomic E-state index is 12.3. The first-order chi connectivity index (χ1) is 13.5. The summed E-state index contributed by atoms with van der Waals surface area (Å²) < 4.78 is 2.19. The summed E-state index contributed by atoms with van der Waals surface area (Å²) in [4.78, 5) is 13.4. The topological polar surface area (TPSA) is 46.1 Å². The third-order valence-electron chi connectivity index (χ3n) is 4.85. The van der Waals surface area contributed by atoms with E-state index in [4.69, 9.17) is 0 Å².